The molecule has 8 nitrogen and oxygen atoms in total. The van der Waals surface area contributed by atoms with Crippen molar-refractivity contribution in [2.45, 2.75) is 25.9 Å². The topological polar surface area (TPSA) is 96.1 Å². The molecule has 2 heterocycles. The third-order valence-corrected chi connectivity index (χ3v) is 7.99. The van der Waals surface area contributed by atoms with Gasteiger partial charge in [-0.25, -0.2) is 22.8 Å². The lowest BCUT2D eigenvalue weighted by Crippen LogP contribution is -2.18. The number of halogens is 6. The lowest BCUT2D eigenvalue weighted by atomic mass is 10.1. The molecule has 0 saturated carbocycles. The van der Waals surface area contributed by atoms with Crippen molar-refractivity contribution in [3.63, 3.8) is 0 Å². The predicted molar refractivity (Wildman–Crippen MR) is 166 cm³/mol. The highest BCUT2D eigenvalue weighted by Gasteiger charge is 2.15. The Hall–Kier alpha value is -4.58. The highest BCUT2D eigenvalue weighted by molar-refractivity contribution is 6.42. The van der Waals surface area contributed by atoms with Crippen molar-refractivity contribution in [1.82, 2.24) is 19.4 Å². The van der Waals surface area contributed by atoms with Gasteiger partial charge in [0.1, 0.15) is 17.5 Å². The molecule has 0 unspecified atom stereocenters. The van der Waals surface area contributed by atoms with Crippen molar-refractivity contribution in [1.29, 1.82) is 0 Å². The fourth-order valence-electron chi connectivity index (χ4n) is 4.39. The summed E-state index contributed by atoms with van der Waals surface area (Å²) in [4.78, 5) is 23.7. The summed E-state index contributed by atoms with van der Waals surface area (Å²) in [6.07, 6.45) is 0.634. The largest absolute Gasteiger partial charge is 0.441 e. The van der Waals surface area contributed by atoms with Crippen molar-refractivity contribution >= 4 is 34.8 Å². The van der Waals surface area contributed by atoms with E-state index in [1.54, 1.807) is 42.5 Å². The molecule has 0 saturated heterocycles. The lowest BCUT2D eigenvalue weighted by molar-refractivity contribution is 0.375. The van der Waals surface area contributed by atoms with E-state index in [2.05, 4.69) is 10.3 Å². The van der Waals surface area contributed by atoms with Crippen LogP contribution in [0.1, 0.15) is 33.9 Å². The Morgan fingerprint density at radius 3 is 1.57 bits per heavy atom. The Bertz CT molecular complexity index is 2070. The first-order chi connectivity index (χ1) is 22.1. The van der Waals surface area contributed by atoms with Gasteiger partial charge in [0.15, 0.2) is 11.6 Å². The molecule has 6 aromatic rings. The molecule has 4 aromatic carbocycles. The van der Waals surface area contributed by atoms with Gasteiger partial charge in [-0.1, -0.05) is 87.6 Å². The molecule has 0 spiro atoms. The van der Waals surface area contributed by atoms with E-state index >= 15 is 0 Å². The highest BCUT2D eigenvalue weighted by Crippen LogP contribution is 2.26. The second-order valence-electron chi connectivity index (χ2n) is 9.96. The van der Waals surface area contributed by atoms with E-state index in [1.807, 2.05) is 0 Å². The monoisotopic (exact) mass is 688 g/mol. The molecule has 0 aliphatic heterocycles. The number of hydrogen-bond acceptors (Lipinski definition) is 6. The van der Waals surface area contributed by atoms with Crippen LogP contribution in [0.25, 0.3) is 0 Å². The molecular weight excluding hydrogens is 668 g/mol. The first-order valence-electron chi connectivity index (χ1n) is 13.5. The number of benzene rings is 4. The summed E-state index contributed by atoms with van der Waals surface area (Å²) in [5.41, 5.74) is 2.84. The number of aromatic nitrogens is 4. The molecule has 0 radical (unpaired) electrons. The van der Waals surface area contributed by atoms with E-state index in [-0.39, 0.29) is 29.7 Å². The molecule has 0 amide bonds. The summed E-state index contributed by atoms with van der Waals surface area (Å²) in [7, 11) is 0. The Kier molecular flexibility index (Phi) is 10.5. The van der Waals surface area contributed by atoms with Crippen LogP contribution in [0.4, 0.5) is 13.2 Å². The zero-order chi connectivity index (χ0) is 32.8. The van der Waals surface area contributed by atoms with E-state index in [9.17, 15) is 22.8 Å². The molecule has 46 heavy (non-hydrogen) atoms. The van der Waals surface area contributed by atoms with Gasteiger partial charge in [0.05, 0.1) is 23.1 Å². The standard InChI is InChI=1S/C16H11Cl2FN2O2.C16H11ClF2N2O2/c17-13-3-1-2-11(15(13)18)9-21-14(20-23-16(21)22)8-10-4-6-12(19)7-5-10;17-14-8-13(19)6-3-11(14)9-21-15(20-23-16(21)22)7-10-1-4-12(18)5-2-10/h1-7H,8-9H2;1-6,8H,7,9H2. The third kappa shape index (κ3) is 8.16. The zero-order valence-corrected chi connectivity index (χ0v) is 25.9. The minimum absolute atomic E-state index is 0.109. The summed E-state index contributed by atoms with van der Waals surface area (Å²) in [5, 5.41) is 8.54. The highest BCUT2D eigenvalue weighted by atomic mass is 35.5. The van der Waals surface area contributed by atoms with E-state index < -0.39 is 17.3 Å². The maximum absolute atomic E-state index is 13.1. The van der Waals surface area contributed by atoms with Crippen molar-refractivity contribution in [2.75, 3.05) is 0 Å². The summed E-state index contributed by atoms with van der Waals surface area (Å²) < 4.78 is 51.1. The zero-order valence-electron chi connectivity index (χ0n) is 23.6. The van der Waals surface area contributed by atoms with Gasteiger partial charge in [0.25, 0.3) is 0 Å². The molecule has 0 aliphatic carbocycles. The number of nitrogens with zero attached hydrogens (tertiary/aromatic N) is 4. The summed E-state index contributed by atoms with van der Waals surface area (Å²) >= 11 is 18.1. The van der Waals surface area contributed by atoms with E-state index in [1.165, 1.54) is 51.6 Å². The van der Waals surface area contributed by atoms with Crippen molar-refractivity contribution < 1.29 is 22.2 Å². The molecule has 0 bridgehead atoms. The average molecular weight is 690 g/mol. The smallest absolute Gasteiger partial charge is 0.296 e. The van der Waals surface area contributed by atoms with Gasteiger partial charge < -0.3 is 0 Å². The van der Waals surface area contributed by atoms with Crippen LogP contribution < -0.4 is 11.5 Å². The van der Waals surface area contributed by atoms with Crippen LogP contribution in [-0.2, 0) is 25.9 Å². The van der Waals surface area contributed by atoms with E-state index in [0.717, 1.165) is 11.1 Å². The summed E-state index contributed by atoms with van der Waals surface area (Å²) in [6.45, 7) is 0.302. The van der Waals surface area contributed by atoms with Crippen LogP contribution in [0.15, 0.2) is 104 Å². The van der Waals surface area contributed by atoms with Gasteiger partial charge in [-0.05, 0) is 64.7 Å². The normalized spacial score (nSPS) is 10.9. The van der Waals surface area contributed by atoms with Crippen LogP contribution in [0.3, 0.4) is 0 Å². The Labute approximate surface area is 274 Å². The molecule has 6 rings (SSSR count). The van der Waals surface area contributed by atoms with E-state index in [4.69, 9.17) is 43.8 Å². The third-order valence-electron chi connectivity index (χ3n) is 6.78. The van der Waals surface area contributed by atoms with Gasteiger partial charge in [-0.2, -0.15) is 0 Å². The minimum Gasteiger partial charge on any atom is -0.296 e. The quantitative estimate of drug-likeness (QED) is 0.166. The minimum atomic E-state index is -0.637. The SMILES string of the molecule is O=c1onc(Cc2ccc(F)cc2)n1Cc1ccc(F)cc1Cl.O=c1onc(Cc2ccc(F)cc2)n1Cc1cccc(Cl)c1Cl. The second-order valence-corrected chi connectivity index (χ2v) is 11.1. The fraction of sp³-hybridized carbons (Fsp3) is 0.125. The molecule has 236 valence electrons. The molecule has 0 fully saturated rings. The lowest BCUT2D eigenvalue weighted by Gasteiger charge is -2.08. The average Bonchev–Trinajstić information content (AvgIpc) is 3.55. The fourth-order valence-corrected chi connectivity index (χ4v) is 5.00. The van der Waals surface area contributed by atoms with Crippen molar-refractivity contribution in [3.05, 3.63) is 172 Å². The number of hydrogen-bond donors (Lipinski definition) is 0. The maximum Gasteiger partial charge on any atom is 0.441 e. The number of rotatable bonds is 8. The predicted octanol–water partition coefficient (Wildman–Crippen LogP) is 7.33. The van der Waals surface area contributed by atoms with Crippen LogP contribution >= 0.6 is 34.8 Å². The summed E-state index contributed by atoms with van der Waals surface area (Å²) in [5.74, 6) is -1.54. The molecular formula is C32H22Cl3F3N4O4. The first-order valence-corrected chi connectivity index (χ1v) is 14.7. The van der Waals surface area contributed by atoms with Crippen LogP contribution in [-0.4, -0.2) is 19.4 Å². The molecule has 14 heteroatoms. The molecule has 0 aliphatic rings. The van der Waals surface area contributed by atoms with E-state index in [0.29, 0.717) is 45.7 Å². The Morgan fingerprint density at radius 2 is 1.07 bits per heavy atom. The van der Waals surface area contributed by atoms with Crippen LogP contribution in [0.5, 0.6) is 0 Å². The molecule has 2 aromatic heterocycles. The molecule has 0 N–H and O–H groups in total. The van der Waals surface area contributed by atoms with Gasteiger partial charge >= 0.3 is 11.5 Å². The van der Waals surface area contributed by atoms with Gasteiger partial charge in [-0.3, -0.25) is 18.2 Å². The van der Waals surface area contributed by atoms with Crippen molar-refractivity contribution in [3.8, 4) is 0 Å². The van der Waals surface area contributed by atoms with Crippen LogP contribution in [0.2, 0.25) is 15.1 Å². The van der Waals surface area contributed by atoms with Gasteiger partial charge in [0, 0.05) is 17.9 Å². The summed E-state index contributed by atoms with van der Waals surface area (Å²) in [6, 6.07) is 21.0. The first kappa shape index (κ1) is 32.8. The van der Waals surface area contributed by atoms with Gasteiger partial charge in [0.2, 0.25) is 0 Å². The Morgan fingerprint density at radius 1 is 0.587 bits per heavy atom. The van der Waals surface area contributed by atoms with Crippen LogP contribution in [0, 0.1) is 17.5 Å². The Balaban J connectivity index is 0.000000181. The van der Waals surface area contributed by atoms with Gasteiger partial charge in [-0.15, -0.1) is 0 Å². The molecule has 0 atom stereocenters. The van der Waals surface area contributed by atoms with Crippen molar-refractivity contribution in [2.24, 2.45) is 0 Å². The second kappa shape index (κ2) is 14.7. The maximum atomic E-state index is 13.1.